The fraction of sp³-hybridized carbons (Fsp3) is 0.481. The van der Waals surface area contributed by atoms with Crippen molar-refractivity contribution in [3.8, 4) is 5.75 Å². The Balaban J connectivity index is 1.67. The van der Waals surface area contributed by atoms with Gasteiger partial charge in [0.05, 0.1) is 24.1 Å². The Bertz CT molecular complexity index is 1210. The van der Waals surface area contributed by atoms with Gasteiger partial charge in [-0.25, -0.2) is 4.98 Å². The summed E-state index contributed by atoms with van der Waals surface area (Å²) in [5.74, 6) is -3.89. The first-order valence-electron chi connectivity index (χ1n) is 13.1. The van der Waals surface area contributed by atoms with Crippen LogP contribution >= 0.6 is 0 Å². The molecule has 2 fully saturated rings. The summed E-state index contributed by atoms with van der Waals surface area (Å²) in [6.07, 6.45) is 5.81. The van der Waals surface area contributed by atoms with Crippen LogP contribution in [0.4, 0.5) is 0 Å². The fourth-order valence-corrected chi connectivity index (χ4v) is 4.86. The van der Waals surface area contributed by atoms with E-state index in [-0.39, 0.29) is 23.8 Å². The van der Waals surface area contributed by atoms with Crippen LogP contribution in [0, 0.1) is 11.8 Å². The number of nitrogens with one attached hydrogen (secondary N) is 4. The Morgan fingerprint density at radius 2 is 1.77 bits per heavy atom. The summed E-state index contributed by atoms with van der Waals surface area (Å²) in [4.78, 5) is 61.0. The molecule has 1 aliphatic heterocycles. The Hall–Kier alpha value is -4.06. The molecule has 3 heterocycles. The van der Waals surface area contributed by atoms with Gasteiger partial charge in [0.25, 0.3) is 5.91 Å². The molecular formula is C27H34N6O6. The van der Waals surface area contributed by atoms with Gasteiger partial charge in [-0.2, -0.15) is 0 Å². The van der Waals surface area contributed by atoms with Gasteiger partial charge in [-0.15, -0.1) is 0 Å². The molecule has 208 valence electrons. The number of nitrogens with zero attached hydrogens (tertiary/aromatic N) is 2. The van der Waals surface area contributed by atoms with Crippen LogP contribution in [0.2, 0.25) is 0 Å². The van der Waals surface area contributed by atoms with Gasteiger partial charge < -0.3 is 31.5 Å². The molecule has 2 aromatic heterocycles. The highest BCUT2D eigenvalue weighted by Crippen LogP contribution is 2.30. The second kappa shape index (κ2) is 12.2. The van der Waals surface area contributed by atoms with E-state index in [1.54, 1.807) is 31.5 Å². The quantitative estimate of drug-likeness (QED) is 0.303. The Morgan fingerprint density at radius 1 is 1.03 bits per heavy atom. The van der Waals surface area contributed by atoms with E-state index in [0.29, 0.717) is 5.56 Å². The zero-order valence-electron chi connectivity index (χ0n) is 21.8. The van der Waals surface area contributed by atoms with Gasteiger partial charge in [-0.1, -0.05) is 19.4 Å². The van der Waals surface area contributed by atoms with E-state index < -0.39 is 59.8 Å². The number of carbonyl (C=O) groups excluding carboxylic acids is 4. The maximum atomic E-state index is 13.6. The van der Waals surface area contributed by atoms with Gasteiger partial charge in [0.1, 0.15) is 17.8 Å². The number of rotatable bonds is 5. The molecule has 1 aliphatic carbocycles. The monoisotopic (exact) mass is 538 g/mol. The lowest BCUT2D eigenvalue weighted by Crippen LogP contribution is -2.64. The molecule has 0 radical (unpaired) electrons. The maximum absolute atomic E-state index is 13.6. The zero-order valence-corrected chi connectivity index (χ0v) is 21.8. The Labute approximate surface area is 226 Å². The predicted octanol–water partition coefficient (Wildman–Crippen LogP) is -0.192. The highest BCUT2D eigenvalue weighted by atomic mass is 16.3. The first kappa shape index (κ1) is 28.0. The van der Waals surface area contributed by atoms with Crippen LogP contribution in [0.25, 0.3) is 0 Å². The van der Waals surface area contributed by atoms with Crippen molar-refractivity contribution in [2.24, 2.45) is 11.8 Å². The average Bonchev–Trinajstić information content (AvgIpc) is 2.89. The van der Waals surface area contributed by atoms with E-state index in [9.17, 15) is 29.4 Å². The molecule has 6 unspecified atom stereocenters. The van der Waals surface area contributed by atoms with Crippen LogP contribution in [0.1, 0.15) is 49.2 Å². The molecule has 12 nitrogen and oxygen atoms in total. The third-order valence-electron chi connectivity index (χ3n) is 7.49. The number of hydrogen-bond donors (Lipinski definition) is 6. The summed E-state index contributed by atoms with van der Waals surface area (Å²) >= 11 is 0. The predicted molar refractivity (Wildman–Crippen MR) is 139 cm³/mol. The number of aromatic nitrogens is 2. The maximum Gasteiger partial charge on any atom is 0.274 e. The molecule has 6 atom stereocenters. The minimum absolute atomic E-state index is 0.0769. The lowest BCUT2D eigenvalue weighted by molar-refractivity contribution is -0.137. The SMILES string of the molecule is CC1NC(=O)C(C2CCC2)NC(=O)C(C)C(O)C(Cc2cccnc2)NC(=O)C1NC(=O)c1ncccc1O. The van der Waals surface area contributed by atoms with Crippen LogP contribution in [0.3, 0.4) is 0 Å². The molecule has 6 N–H and O–H groups in total. The van der Waals surface area contributed by atoms with Crippen LogP contribution in [-0.4, -0.2) is 74.1 Å². The van der Waals surface area contributed by atoms with E-state index >= 15 is 0 Å². The van der Waals surface area contributed by atoms with Gasteiger partial charge >= 0.3 is 0 Å². The van der Waals surface area contributed by atoms with Gasteiger partial charge in [0.2, 0.25) is 17.7 Å². The number of pyridine rings is 2. The molecule has 0 aromatic carbocycles. The van der Waals surface area contributed by atoms with Crippen molar-refractivity contribution in [1.82, 2.24) is 31.2 Å². The van der Waals surface area contributed by atoms with E-state index in [4.69, 9.17) is 0 Å². The second-order valence-electron chi connectivity index (χ2n) is 10.3. The van der Waals surface area contributed by atoms with Crippen LogP contribution in [0.5, 0.6) is 5.75 Å². The minimum Gasteiger partial charge on any atom is -0.505 e. The van der Waals surface area contributed by atoms with Crippen molar-refractivity contribution in [1.29, 1.82) is 0 Å². The molecule has 4 rings (SSSR count). The molecule has 1 saturated heterocycles. The van der Waals surface area contributed by atoms with Gasteiger partial charge in [0.15, 0.2) is 5.69 Å². The summed E-state index contributed by atoms with van der Waals surface area (Å²) in [6, 6.07) is 2.27. The first-order valence-corrected chi connectivity index (χ1v) is 13.1. The largest absolute Gasteiger partial charge is 0.505 e. The lowest BCUT2D eigenvalue weighted by atomic mass is 9.78. The number of amides is 4. The number of aromatic hydroxyl groups is 1. The van der Waals surface area contributed by atoms with Gasteiger partial charge in [-0.3, -0.25) is 24.2 Å². The standard InChI is InChI=1S/C27H34N6O6/c1-14-23(35)18(12-16-6-4-10-28-13-16)31-25(37)20(32-27(39)22-19(34)9-5-11-29-22)15(2)30-26(38)21(33-24(14)36)17-7-3-8-17/h4-6,9-11,13-15,17-18,20-21,23,34-35H,3,7-8,12H2,1-2H3,(H,30,38)(H,31,37)(H,32,39)(H,33,36). The van der Waals surface area contributed by atoms with Gasteiger partial charge in [-0.05, 0) is 55.9 Å². The Kier molecular flexibility index (Phi) is 8.75. The number of carbonyl (C=O) groups is 4. The molecule has 39 heavy (non-hydrogen) atoms. The molecule has 12 heteroatoms. The molecule has 0 spiro atoms. The van der Waals surface area contributed by atoms with Crippen molar-refractivity contribution >= 4 is 23.6 Å². The number of hydrogen-bond acceptors (Lipinski definition) is 8. The van der Waals surface area contributed by atoms with E-state index in [1.165, 1.54) is 25.3 Å². The average molecular weight is 539 g/mol. The molecule has 2 aromatic rings. The van der Waals surface area contributed by atoms with Crippen LogP contribution in [-0.2, 0) is 20.8 Å². The summed E-state index contributed by atoms with van der Waals surface area (Å²) in [5.41, 5.74) is 0.435. The summed E-state index contributed by atoms with van der Waals surface area (Å²) in [5, 5.41) is 32.3. The van der Waals surface area contributed by atoms with E-state index in [0.717, 1.165) is 19.3 Å². The summed E-state index contributed by atoms with van der Waals surface area (Å²) in [7, 11) is 0. The van der Waals surface area contributed by atoms with Crippen molar-refractivity contribution in [2.75, 3.05) is 0 Å². The minimum atomic E-state index is -1.31. The van der Waals surface area contributed by atoms with Crippen molar-refractivity contribution in [3.63, 3.8) is 0 Å². The third-order valence-corrected chi connectivity index (χ3v) is 7.49. The van der Waals surface area contributed by atoms with Crippen LogP contribution < -0.4 is 21.3 Å². The van der Waals surface area contributed by atoms with Crippen molar-refractivity contribution < 1.29 is 29.4 Å². The third kappa shape index (κ3) is 6.51. The lowest BCUT2D eigenvalue weighted by Gasteiger charge is -2.37. The Morgan fingerprint density at radius 3 is 2.41 bits per heavy atom. The summed E-state index contributed by atoms with van der Waals surface area (Å²) < 4.78 is 0. The van der Waals surface area contributed by atoms with E-state index in [2.05, 4.69) is 31.2 Å². The molecule has 0 bridgehead atoms. The molecule has 1 saturated carbocycles. The smallest absolute Gasteiger partial charge is 0.274 e. The topological polar surface area (TPSA) is 183 Å². The van der Waals surface area contributed by atoms with Crippen molar-refractivity contribution in [2.45, 2.75) is 69.8 Å². The fourth-order valence-electron chi connectivity index (χ4n) is 4.86. The number of aliphatic hydroxyl groups is 1. The number of aliphatic hydroxyl groups excluding tert-OH is 1. The molecule has 2 aliphatic rings. The summed E-state index contributed by atoms with van der Waals surface area (Å²) in [6.45, 7) is 3.09. The van der Waals surface area contributed by atoms with Crippen molar-refractivity contribution in [3.05, 3.63) is 54.1 Å². The molecular weight excluding hydrogens is 504 g/mol. The van der Waals surface area contributed by atoms with Crippen LogP contribution in [0.15, 0.2) is 42.9 Å². The normalized spacial score (nSPS) is 28.5. The first-order chi connectivity index (χ1) is 18.7. The van der Waals surface area contributed by atoms with Gasteiger partial charge in [0, 0.05) is 18.6 Å². The highest BCUT2D eigenvalue weighted by Gasteiger charge is 2.41. The zero-order chi connectivity index (χ0) is 28.1. The molecule has 4 amide bonds. The second-order valence-corrected chi connectivity index (χ2v) is 10.3. The van der Waals surface area contributed by atoms with E-state index in [1.807, 2.05) is 0 Å². The highest BCUT2D eigenvalue weighted by molar-refractivity contribution is 5.98.